The molecule has 0 saturated carbocycles. The van der Waals surface area contributed by atoms with Crippen molar-refractivity contribution in [3.63, 3.8) is 0 Å². The molecule has 0 unspecified atom stereocenters. The van der Waals surface area contributed by atoms with E-state index in [1.807, 2.05) is 6.07 Å². The fourth-order valence-corrected chi connectivity index (χ4v) is 1.85. The van der Waals surface area contributed by atoms with Crippen LogP contribution in [-0.4, -0.2) is 11.8 Å². The Bertz CT molecular complexity index is 663. The zero-order valence-electron chi connectivity index (χ0n) is 12.2. The molecule has 0 radical (unpaired) electrons. The predicted molar refractivity (Wildman–Crippen MR) is 82.7 cm³/mol. The topological polar surface area (TPSA) is 52.6 Å². The maximum atomic E-state index is 12.4. The Morgan fingerprint density at radius 1 is 0.955 bits per heavy atom. The van der Waals surface area contributed by atoms with E-state index in [9.17, 15) is 9.59 Å². The van der Waals surface area contributed by atoms with E-state index >= 15 is 0 Å². The quantitative estimate of drug-likeness (QED) is 0.361. The first-order chi connectivity index (χ1) is 10.4. The van der Waals surface area contributed by atoms with Gasteiger partial charge in [0.15, 0.2) is 11.5 Å². The minimum Gasteiger partial charge on any atom is -0.293 e. The highest BCUT2D eigenvalue weighted by atomic mass is 35.5. The van der Waals surface area contributed by atoms with Gasteiger partial charge in [0.2, 0.25) is 0 Å². The number of rotatable bonds is 5. The number of ketones is 1. The van der Waals surface area contributed by atoms with Crippen LogP contribution in [0.25, 0.3) is 0 Å². The van der Waals surface area contributed by atoms with E-state index in [1.54, 1.807) is 48.5 Å². The zero-order valence-corrected chi connectivity index (χ0v) is 13.0. The summed E-state index contributed by atoms with van der Waals surface area (Å²) in [7, 11) is 0. The second-order valence-corrected chi connectivity index (χ2v) is 5.66. The molecule has 0 N–H and O–H groups in total. The molecule has 0 amide bonds. The number of hydrogen-bond acceptors (Lipinski definition) is 4. The molecule has 0 aliphatic rings. The number of para-hydroxylation sites is 1. The lowest BCUT2D eigenvalue weighted by atomic mass is 9.84. The van der Waals surface area contributed by atoms with Crippen molar-refractivity contribution in [3.8, 4) is 5.75 Å². The Morgan fingerprint density at radius 2 is 1.55 bits per heavy atom. The Hall–Kier alpha value is -2.33. The third kappa shape index (κ3) is 3.65. The molecule has 2 rings (SSSR count). The lowest BCUT2D eigenvalue weighted by Crippen LogP contribution is -2.35. The Kier molecular flexibility index (Phi) is 4.83. The van der Waals surface area contributed by atoms with Gasteiger partial charge in [-0.2, -0.15) is 0 Å². The molecular formula is C17H15ClO4. The van der Waals surface area contributed by atoms with Crippen LogP contribution in [0.4, 0.5) is 0 Å². The van der Waals surface area contributed by atoms with Gasteiger partial charge in [-0.05, 0) is 50.2 Å². The molecule has 0 atom stereocenters. The van der Waals surface area contributed by atoms with Crippen molar-refractivity contribution in [2.75, 3.05) is 0 Å². The number of halogens is 1. The number of Topliss-reactive ketones (excluding diaryl/α,β-unsaturated/α-hetero) is 1. The van der Waals surface area contributed by atoms with E-state index in [0.717, 1.165) is 0 Å². The van der Waals surface area contributed by atoms with Crippen molar-refractivity contribution < 1.29 is 19.4 Å². The first-order valence-electron chi connectivity index (χ1n) is 6.65. The van der Waals surface area contributed by atoms with Gasteiger partial charge in [-0.25, -0.2) is 9.68 Å². The van der Waals surface area contributed by atoms with E-state index in [4.69, 9.17) is 21.4 Å². The van der Waals surface area contributed by atoms with Gasteiger partial charge in [0.05, 0.1) is 0 Å². The largest absolute Gasteiger partial charge is 0.368 e. The van der Waals surface area contributed by atoms with Gasteiger partial charge in [-0.15, -0.1) is 0 Å². The average molecular weight is 319 g/mol. The lowest BCUT2D eigenvalue weighted by molar-refractivity contribution is -0.221. The van der Waals surface area contributed by atoms with Gasteiger partial charge in [0.1, 0.15) is 5.41 Å². The molecule has 0 aliphatic carbocycles. The maximum Gasteiger partial charge on any atom is 0.368 e. The first kappa shape index (κ1) is 16.0. The third-order valence-corrected chi connectivity index (χ3v) is 3.39. The smallest absolute Gasteiger partial charge is 0.293 e. The summed E-state index contributed by atoms with van der Waals surface area (Å²) in [5.41, 5.74) is -0.992. The summed E-state index contributed by atoms with van der Waals surface area (Å²) < 4.78 is 0. The molecule has 0 saturated heterocycles. The Labute approximate surface area is 133 Å². The van der Waals surface area contributed by atoms with Crippen LogP contribution in [0.15, 0.2) is 54.6 Å². The number of carbonyl (C=O) groups is 2. The maximum absolute atomic E-state index is 12.4. The summed E-state index contributed by atoms with van der Waals surface area (Å²) in [6.07, 6.45) is 0. The summed E-state index contributed by atoms with van der Waals surface area (Å²) in [6, 6.07) is 14.9. The summed E-state index contributed by atoms with van der Waals surface area (Å²) in [6.45, 7) is 2.97. The minimum absolute atomic E-state index is 0.370. The highest BCUT2D eigenvalue weighted by Gasteiger charge is 2.39. The second kappa shape index (κ2) is 6.62. The van der Waals surface area contributed by atoms with Crippen molar-refractivity contribution in [1.82, 2.24) is 0 Å². The molecule has 0 heterocycles. The molecule has 114 valence electrons. The summed E-state index contributed by atoms with van der Waals surface area (Å²) in [4.78, 5) is 34.3. The standard InChI is InChI=1S/C17H15ClO4/c1-17(2,15(19)12-8-10-13(18)11-9-12)16(20)22-21-14-6-4-3-5-7-14/h3-11H,1-2H3. The summed E-state index contributed by atoms with van der Waals surface area (Å²) in [5.74, 6) is -0.757. The van der Waals surface area contributed by atoms with Crippen LogP contribution in [-0.2, 0) is 9.68 Å². The molecule has 4 nitrogen and oxygen atoms in total. The molecule has 0 spiro atoms. The third-order valence-electron chi connectivity index (χ3n) is 3.14. The Morgan fingerprint density at radius 3 is 2.14 bits per heavy atom. The Balaban J connectivity index is 2.06. The molecule has 2 aromatic rings. The van der Waals surface area contributed by atoms with Crippen molar-refractivity contribution in [3.05, 3.63) is 65.2 Å². The fourth-order valence-electron chi connectivity index (χ4n) is 1.72. The summed E-state index contributed by atoms with van der Waals surface area (Å²) >= 11 is 5.79. The monoisotopic (exact) mass is 318 g/mol. The molecular weight excluding hydrogens is 304 g/mol. The van der Waals surface area contributed by atoms with Gasteiger partial charge in [0.25, 0.3) is 0 Å². The van der Waals surface area contributed by atoms with Crippen molar-refractivity contribution in [1.29, 1.82) is 0 Å². The van der Waals surface area contributed by atoms with Gasteiger partial charge in [-0.3, -0.25) is 9.68 Å². The van der Waals surface area contributed by atoms with Crippen LogP contribution in [0.5, 0.6) is 5.75 Å². The highest BCUT2D eigenvalue weighted by Crippen LogP contribution is 2.25. The van der Waals surface area contributed by atoms with Crippen LogP contribution >= 0.6 is 11.6 Å². The van der Waals surface area contributed by atoms with Gasteiger partial charge in [-0.1, -0.05) is 29.8 Å². The second-order valence-electron chi connectivity index (χ2n) is 5.23. The van der Waals surface area contributed by atoms with Crippen molar-refractivity contribution in [2.45, 2.75) is 13.8 Å². The zero-order chi connectivity index (χ0) is 16.2. The molecule has 0 aromatic heterocycles. The van der Waals surface area contributed by atoms with Crippen LogP contribution in [0.3, 0.4) is 0 Å². The van der Waals surface area contributed by atoms with E-state index in [0.29, 0.717) is 16.3 Å². The van der Waals surface area contributed by atoms with Crippen molar-refractivity contribution >= 4 is 23.4 Å². The van der Waals surface area contributed by atoms with Crippen LogP contribution < -0.4 is 4.89 Å². The van der Waals surface area contributed by atoms with E-state index in [1.165, 1.54) is 13.8 Å². The number of hydrogen-bond donors (Lipinski definition) is 0. The normalized spacial score (nSPS) is 10.9. The van der Waals surface area contributed by atoms with Crippen LogP contribution in [0.1, 0.15) is 24.2 Å². The number of benzene rings is 2. The van der Waals surface area contributed by atoms with Crippen LogP contribution in [0.2, 0.25) is 5.02 Å². The molecule has 0 aliphatic heterocycles. The van der Waals surface area contributed by atoms with Gasteiger partial charge in [0, 0.05) is 10.6 Å². The first-order valence-corrected chi connectivity index (χ1v) is 7.03. The summed E-state index contributed by atoms with van der Waals surface area (Å²) in [5, 5.41) is 0.518. The fraction of sp³-hybridized carbons (Fsp3) is 0.176. The predicted octanol–water partition coefficient (Wildman–Crippen LogP) is 4.09. The molecule has 22 heavy (non-hydrogen) atoms. The van der Waals surface area contributed by atoms with Gasteiger partial charge >= 0.3 is 5.97 Å². The number of carbonyl (C=O) groups excluding carboxylic acids is 2. The molecule has 2 aromatic carbocycles. The molecule has 0 bridgehead atoms. The minimum atomic E-state index is -1.37. The van der Waals surface area contributed by atoms with E-state index < -0.39 is 11.4 Å². The van der Waals surface area contributed by atoms with Crippen molar-refractivity contribution in [2.24, 2.45) is 5.41 Å². The van der Waals surface area contributed by atoms with E-state index in [2.05, 4.69) is 0 Å². The highest BCUT2D eigenvalue weighted by molar-refractivity contribution is 6.30. The van der Waals surface area contributed by atoms with Gasteiger partial charge < -0.3 is 0 Å². The lowest BCUT2D eigenvalue weighted by Gasteiger charge is -2.20. The van der Waals surface area contributed by atoms with Crippen LogP contribution in [0, 0.1) is 5.41 Å². The SMILES string of the molecule is CC(C)(C(=O)OOc1ccccc1)C(=O)c1ccc(Cl)cc1. The van der Waals surface area contributed by atoms with E-state index in [-0.39, 0.29) is 5.78 Å². The average Bonchev–Trinajstić information content (AvgIpc) is 2.53. The molecule has 0 fully saturated rings. The molecule has 5 heteroatoms.